The predicted octanol–water partition coefficient (Wildman–Crippen LogP) is 2.64. The molecule has 4 heteroatoms. The zero-order valence-electron chi connectivity index (χ0n) is 10.6. The lowest BCUT2D eigenvalue weighted by molar-refractivity contribution is 0.0713. The monoisotopic (exact) mass is 257 g/mol. The van der Waals surface area contributed by atoms with Crippen molar-refractivity contribution in [3.63, 3.8) is 0 Å². The third kappa shape index (κ3) is 4.54. The largest absolute Gasteiger partial charge is 0.491 e. The standard InChI is InChI=1S/C13H20ClNO2/c1-9(15)7-11-12(14)5-4-6-13(11)17-8-10(2)16-3/h4-6,9-10H,7-8,15H2,1-3H3. The molecule has 0 aliphatic rings. The van der Waals surface area contributed by atoms with E-state index in [9.17, 15) is 0 Å². The Morgan fingerprint density at radius 2 is 2.06 bits per heavy atom. The van der Waals surface area contributed by atoms with Crippen LogP contribution in [0.5, 0.6) is 5.75 Å². The molecule has 2 unspecified atom stereocenters. The molecule has 2 atom stereocenters. The maximum Gasteiger partial charge on any atom is 0.124 e. The number of hydrogen-bond acceptors (Lipinski definition) is 3. The van der Waals surface area contributed by atoms with Crippen molar-refractivity contribution in [3.8, 4) is 5.75 Å². The summed E-state index contributed by atoms with van der Waals surface area (Å²) in [7, 11) is 1.66. The maximum atomic E-state index is 6.16. The fraction of sp³-hybridized carbons (Fsp3) is 0.538. The first-order valence-corrected chi connectivity index (χ1v) is 6.11. The third-order valence-corrected chi connectivity index (χ3v) is 2.83. The number of rotatable bonds is 6. The summed E-state index contributed by atoms with van der Waals surface area (Å²) in [5.74, 6) is 0.790. The van der Waals surface area contributed by atoms with E-state index in [1.54, 1.807) is 7.11 Å². The molecule has 17 heavy (non-hydrogen) atoms. The van der Waals surface area contributed by atoms with Crippen molar-refractivity contribution in [2.45, 2.75) is 32.4 Å². The average Bonchev–Trinajstić information content (AvgIpc) is 2.29. The molecular formula is C13H20ClNO2. The van der Waals surface area contributed by atoms with Gasteiger partial charge in [0.1, 0.15) is 12.4 Å². The third-order valence-electron chi connectivity index (χ3n) is 2.48. The second-order valence-electron chi connectivity index (χ2n) is 4.26. The molecule has 1 aromatic carbocycles. The van der Waals surface area contributed by atoms with Crippen molar-refractivity contribution in [1.29, 1.82) is 0 Å². The number of nitrogens with two attached hydrogens (primary N) is 1. The van der Waals surface area contributed by atoms with Gasteiger partial charge in [0.05, 0.1) is 6.10 Å². The van der Waals surface area contributed by atoms with E-state index in [0.29, 0.717) is 18.1 Å². The molecule has 96 valence electrons. The zero-order chi connectivity index (χ0) is 12.8. The van der Waals surface area contributed by atoms with Gasteiger partial charge in [-0.05, 0) is 32.4 Å². The Kier molecular flexibility index (Phi) is 5.75. The maximum absolute atomic E-state index is 6.16. The van der Waals surface area contributed by atoms with Crippen LogP contribution in [0.3, 0.4) is 0 Å². The van der Waals surface area contributed by atoms with Gasteiger partial charge in [-0.3, -0.25) is 0 Å². The summed E-state index contributed by atoms with van der Waals surface area (Å²) in [6, 6.07) is 5.69. The predicted molar refractivity (Wildman–Crippen MR) is 70.8 cm³/mol. The molecule has 3 nitrogen and oxygen atoms in total. The minimum absolute atomic E-state index is 0.0529. The van der Waals surface area contributed by atoms with Gasteiger partial charge in [-0.1, -0.05) is 17.7 Å². The first kappa shape index (κ1) is 14.3. The molecule has 0 fully saturated rings. The minimum Gasteiger partial charge on any atom is -0.491 e. The van der Waals surface area contributed by atoms with E-state index in [1.807, 2.05) is 32.0 Å². The van der Waals surface area contributed by atoms with E-state index in [0.717, 1.165) is 11.3 Å². The van der Waals surface area contributed by atoms with Crippen molar-refractivity contribution in [2.24, 2.45) is 5.73 Å². The molecule has 2 N–H and O–H groups in total. The Balaban J connectivity index is 2.79. The summed E-state index contributed by atoms with van der Waals surface area (Å²) in [5, 5.41) is 0.699. The lowest BCUT2D eigenvalue weighted by Gasteiger charge is -2.16. The topological polar surface area (TPSA) is 44.5 Å². The first-order valence-electron chi connectivity index (χ1n) is 5.73. The lowest BCUT2D eigenvalue weighted by atomic mass is 10.1. The smallest absolute Gasteiger partial charge is 0.124 e. The second kappa shape index (κ2) is 6.84. The quantitative estimate of drug-likeness (QED) is 0.852. The van der Waals surface area contributed by atoms with Crippen molar-refractivity contribution in [3.05, 3.63) is 28.8 Å². The molecule has 0 spiro atoms. The van der Waals surface area contributed by atoms with E-state index in [1.165, 1.54) is 0 Å². The fourth-order valence-electron chi connectivity index (χ4n) is 1.47. The second-order valence-corrected chi connectivity index (χ2v) is 4.66. The Morgan fingerprint density at radius 3 is 2.65 bits per heavy atom. The lowest BCUT2D eigenvalue weighted by Crippen LogP contribution is -2.20. The summed E-state index contributed by atoms with van der Waals surface area (Å²) in [4.78, 5) is 0. The van der Waals surface area contributed by atoms with Gasteiger partial charge in [-0.15, -0.1) is 0 Å². The summed E-state index contributed by atoms with van der Waals surface area (Å²) < 4.78 is 10.8. The van der Waals surface area contributed by atoms with Gasteiger partial charge in [-0.2, -0.15) is 0 Å². The number of hydrogen-bond donors (Lipinski definition) is 1. The van der Waals surface area contributed by atoms with Crippen LogP contribution >= 0.6 is 11.6 Å². The molecule has 0 saturated carbocycles. The molecule has 0 aromatic heterocycles. The minimum atomic E-state index is 0.0529. The molecule has 1 aromatic rings. The van der Waals surface area contributed by atoms with Gasteiger partial charge in [0, 0.05) is 23.7 Å². The molecule has 0 aliphatic heterocycles. The molecule has 0 aliphatic carbocycles. The van der Waals surface area contributed by atoms with Crippen LogP contribution < -0.4 is 10.5 Å². The van der Waals surface area contributed by atoms with Crippen LogP contribution in [-0.2, 0) is 11.2 Å². The van der Waals surface area contributed by atoms with E-state index in [4.69, 9.17) is 26.8 Å². The summed E-state index contributed by atoms with van der Waals surface area (Å²) >= 11 is 6.16. The van der Waals surface area contributed by atoms with Gasteiger partial charge < -0.3 is 15.2 Å². The van der Waals surface area contributed by atoms with Crippen molar-refractivity contribution in [1.82, 2.24) is 0 Å². The van der Waals surface area contributed by atoms with Gasteiger partial charge in [0.25, 0.3) is 0 Å². The van der Waals surface area contributed by atoms with Crippen LogP contribution in [-0.4, -0.2) is 25.9 Å². The van der Waals surface area contributed by atoms with Crippen LogP contribution in [0.4, 0.5) is 0 Å². The SMILES string of the molecule is COC(C)COc1cccc(Cl)c1CC(C)N. The van der Waals surface area contributed by atoms with Crippen LogP contribution in [0.25, 0.3) is 0 Å². The van der Waals surface area contributed by atoms with E-state index >= 15 is 0 Å². The number of benzene rings is 1. The Labute approximate surface area is 108 Å². The summed E-state index contributed by atoms with van der Waals surface area (Å²) in [6.07, 6.45) is 0.758. The summed E-state index contributed by atoms with van der Waals surface area (Å²) in [5.41, 5.74) is 6.77. The normalized spacial score (nSPS) is 14.4. The Hall–Kier alpha value is -0.770. The van der Waals surface area contributed by atoms with Crippen molar-refractivity contribution in [2.75, 3.05) is 13.7 Å². The van der Waals surface area contributed by atoms with Gasteiger partial charge in [0.15, 0.2) is 0 Å². The van der Waals surface area contributed by atoms with Crippen LogP contribution in [0, 0.1) is 0 Å². The van der Waals surface area contributed by atoms with Crippen molar-refractivity contribution < 1.29 is 9.47 Å². The fourth-order valence-corrected chi connectivity index (χ4v) is 1.71. The van der Waals surface area contributed by atoms with Gasteiger partial charge >= 0.3 is 0 Å². The van der Waals surface area contributed by atoms with Gasteiger partial charge in [0.2, 0.25) is 0 Å². The van der Waals surface area contributed by atoms with Crippen molar-refractivity contribution >= 4 is 11.6 Å². The van der Waals surface area contributed by atoms with E-state index in [2.05, 4.69) is 0 Å². The molecule has 0 amide bonds. The zero-order valence-corrected chi connectivity index (χ0v) is 11.3. The highest BCUT2D eigenvalue weighted by atomic mass is 35.5. The van der Waals surface area contributed by atoms with Crippen LogP contribution in [0.2, 0.25) is 5.02 Å². The molecular weight excluding hydrogens is 238 g/mol. The van der Waals surface area contributed by atoms with Gasteiger partial charge in [-0.25, -0.2) is 0 Å². The van der Waals surface area contributed by atoms with Crippen LogP contribution in [0.1, 0.15) is 19.4 Å². The molecule has 0 bridgehead atoms. The van der Waals surface area contributed by atoms with E-state index in [-0.39, 0.29) is 12.1 Å². The summed E-state index contributed by atoms with van der Waals surface area (Å²) in [6.45, 7) is 4.41. The van der Waals surface area contributed by atoms with Crippen LogP contribution in [0.15, 0.2) is 18.2 Å². The first-order chi connectivity index (χ1) is 8.04. The number of ether oxygens (including phenoxy) is 2. The number of halogens is 1. The van der Waals surface area contributed by atoms with E-state index < -0.39 is 0 Å². The Morgan fingerprint density at radius 1 is 1.35 bits per heavy atom. The molecule has 1 rings (SSSR count). The molecule has 0 saturated heterocycles. The average molecular weight is 258 g/mol. The molecule has 0 radical (unpaired) electrons. The molecule has 0 heterocycles. The highest BCUT2D eigenvalue weighted by Crippen LogP contribution is 2.27. The number of methoxy groups -OCH3 is 1. The Bertz CT molecular complexity index is 355. The highest BCUT2D eigenvalue weighted by Gasteiger charge is 2.11. The highest BCUT2D eigenvalue weighted by molar-refractivity contribution is 6.31.